The number of methoxy groups -OCH3 is 1. The van der Waals surface area contributed by atoms with Crippen molar-refractivity contribution in [3.05, 3.63) is 35.5 Å². The average Bonchev–Trinajstić information content (AvgIpc) is 3.57. The van der Waals surface area contributed by atoms with Gasteiger partial charge in [0.1, 0.15) is 16.8 Å². The molecule has 2 aliphatic heterocycles. The number of benzene rings is 1. The Hall–Kier alpha value is -3.54. The van der Waals surface area contributed by atoms with Crippen LogP contribution in [0.4, 0.5) is 20.5 Å². The van der Waals surface area contributed by atoms with Crippen LogP contribution in [-0.2, 0) is 6.54 Å². The number of nitrogen functional groups attached to an aromatic ring is 1. The van der Waals surface area contributed by atoms with E-state index in [4.69, 9.17) is 10.5 Å². The van der Waals surface area contributed by atoms with E-state index >= 15 is 0 Å². The fraction of sp³-hybridized carbons (Fsp3) is 0.586. The van der Waals surface area contributed by atoms with E-state index in [2.05, 4.69) is 32.3 Å². The Kier molecular flexibility index (Phi) is 6.11. The van der Waals surface area contributed by atoms with Crippen molar-refractivity contribution in [2.24, 2.45) is 23.2 Å². The number of anilines is 2. The summed E-state index contributed by atoms with van der Waals surface area (Å²) in [5.74, 6) is 0.278. The van der Waals surface area contributed by atoms with Gasteiger partial charge in [-0.1, -0.05) is 6.07 Å². The number of hydrogen-bond acceptors (Lipinski definition) is 8. The molecule has 0 unspecified atom stereocenters. The van der Waals surface area contributed by atoms with Gasteiger partial charge in [0.2, 0.25) is 11.9 Å². The Morgan fingerprint density at radius 3 is 2.56 bits per heavy atom. The van der Waals surface area contributed by atoms with Crippen molar-refractivity contribution in [3.63, 3.8) is 0 Å². The SMILES string of the molecule is COc1cc(C(=O)N2C[C@H]3CN(C)C[C@H]3C2)ccc1Cn1ncc2nc(N)nc(NCC3CC4(C3)CC(F)(F)C4)c21. The lowest BCUT2D eigenvalue weighted by Crippen LogP contribution is -2.54. The van der Waals surface area contributed by atoms with Gasteiger partial charge in [-0.25, -0.2) is 13.8 Å². The molecule has 2 saturated carbocycles. The number of hydrogen-bond donors (Lipinski definition) is 2. The van der Waals surface area contributed by atoms with Gasteiger partial charge in [0, 0.05) is 56.7 Å². The summed E-state index contributed by atoms with van der Waals surface area (Å²) in [5.41, 5.74) is 8.61. The van der Waals surface area contributed by atoms with Gasteiger partial charge < -0.3 is 25.6 Å². The molecule has 3 N–H and O–H groups in total. The molecule has 7 rings (SSSR count). The van der Waals surface area contributed by atoms with Crippen molar-refractivity contribution in [2.75, 3.05) is 57.9 Å². The van der Waals surface area contributed by atoms with Crippen molar-refractivity contribution in [1.29, 1.82) is 0 Å². The Labute approximate surface area is 237 Å². The largest absolute Gasteiger partial charge is 0.496 e. The van der Waals surface area contributed by atoms with E-state index in [1.165, 1.54) is 0 Å². The molecular formula is C29H36F2N8O2. The number of nitrogens with two attached hydrogens (primary N) is 1. The maximum Gasteiger partial charge on any atom is 0.254 e. The first-order valence-electron chi connectivity index (χ1n) is 14.4. The summed E-state index contributed by atoms with van der Waals surface area (Å²) in [4.78, 5) is 26.4. The molecule has 2 aromatic heterocycles. The second kappa shape index (κ2) is 9.50. The van der Waals surface area contributed by atoms with E-state index < -0.39 is 5.92 Å². The van der Waals surface area contributed by atoms with Gasteiger partial charge in [-0.05, 0) is 55.2 Å². The monoisotopic (exact) mass is 566 g/mol. The summed E-state index contributed by atoms with van der Waals surface area (Å²) in [6.07, 6.45) is 3.28. The van der Waals surface area contributed by atoms with Gasteiger partial charge in [0.15, 0.2) is 5.82 Å². The van der Waals surface area contributed by atoms with E-state index in [0.29, 0.717) is 59.0 Å². The zero-order valence-corrected chi connectivity index (χ0v) is 23.4. The smallest absolute Gasteiger partial charge is 0.254 e. The molecule has 1 amide bonds. The summed E-state index contributed by atoms with van der Waals surface area (Å²) < 4.78 is 34.3. The molecule has 3 aromatic rings. The second-order valence-corrected chi connectivity index (χ2v) is 12.8. The van der Waals surface area contributed by atoms with Crippen molar-refractivity contribution in [2.45, 2.75) is 38.2 Å². The third-order valence-electron chi connectivity index (χ3n) is 9.58. The minimum Gasteiger partial charge on any atom is -0.496 e. The summed E-state index contributed by atoms with van der Waals surface area (Å²) in [5, 5.41) is 7.94. The first-order chi connectivity index (χ1) is 19.6. The molecule has 1 spiro atoms. The molecule has 1 aromatic carbocycles. The number of rotatable bonds is 7. The van der Waals surface area contributed by atoms with Gasteiger partial charge in [-0.15, -0.1) is 0 Å². The predicted molar refractivity (Wildman–Crippen MR) is 150 cm³/mol. The number of amides is 1. The minimum atomic E-state index is -2.49. The van der Waals surface area contributed by atoms with Crippen molar-refractivity contribution < 1.29 is 18.3 Å². The number of fused-ring (bicyclic) bond motifs is 2. The van der Waals surface area contributed by atoms with E-state index in [0.717, 1.165) is 44.6 Å². The van der Waals surface area contributed by atoms with E-state index in [9.17, 15) is 13.6 Å². The highest BCUT2D eigenvalue weighted by Crippen LogP contribution is 2.64. The molecule has 4 aliphatic rings. The van der Waals surface area contributed by atoms with Crippen molar-refractivity contribution in [1.82, 2.24) is 29.5 Å². The molecule has 41 heavy (non-hydrogen) atoms. The van der Waals surface area contributed by atoms with Crippen LogP contribution in [0.15, 0.2) is 24.4 Å². The van der Waals surface area contributed by atoms with Crippen molar-refractivity contribution >= 4 is 28.7 Å². The second-order valence-electron chi connectivity index (χ2n) is 12.8. The third-order valence-corrected chi connectivity index (χ3v) is 9.58. The summed E-state index contributed by atoms with van der Waals surface area (Å²) in [6.45, 7) is 4.68. The lowest BCUT2D eigenvalue weighted by molar-refractivity contribution is -0.204. The van der Waals surface area contributed by atoms with Crippen LogP contribution in [0.25, 0.3) is 11.0 Å². The van der Waals surface area contributed by atoms with Crippen LogP contribution < -0.4 is 15.8 Å². The van der Waals surface area contributed by atoms with Gasteiger partial charge in [0.25, 0.3) is 5.91 Å². The number of halogens is 2. The number of carbonyl (C=O) groups excluding carboxylic acids is 1. The molecule has 12 heteroatoms. The Morgan fingerprint density at radius 2 is 1.88 bits per heavy atom. The Balaban J connectivity index is 1.06. The average molecular weight is 567 g/mol. The topological polar surface area (TPSA) is 114 Å². The zero-order valence-electron chi connectivity index (χ0n) is 23.4. The fourth-order valence-electron chi connectivity index (χ4n) is 7.89. The quantitative estimate of drug-likeness (QED) is 0.448. The molecule has 2 atom stereocenters. The summed E-state index contributed by atoms with van der Waals surface area (Å²) >= 11 is 0. The van der Waals surface area contributed by atoms with Gasteiger partial charge in [-0.3, -0.25) is 9.48 Å². The number of carbonyl (C=O) groups is 1. The minimum absolute atomic E-state index is 0.0108. The molecule has 4 heterocycles. The normalized spacial score (nSPS) is 24.8. The Morgan fingerprint density at radius 1 is 1.15 bits per heavy atom. The van der Waals surface area contributed by atoms with Crippen LogP contribution in [0, 0.1) is 23.2 Å². The molecular weight excluding hydrogens is 530 g/mol. The summed E-state index contributed by atoms with van der Waals surface area (Å²) in [7, 11) is 3.74. The molecule has 0 bridgehead atoms. The molecule has 2 saturated heterocycles. The summed E-state index contributed by atoms with van der Waals surface area (Å²) in [6, 6.07) is 5.58. The number of likely N-dealkylation sites (tertiary alicyclic amines) is 2. The lowest BCUT2D eigenvalue weighted by Gasteiger charge is -2.57. The third kappa shape index (κ3) is 4.75. The van der Waals surface area contributed by atoms with Crippen molar-refractivity contribution in [3.8, 4) is 5.75 Å². The van der Waals surface area contributed by atoms with Gasteiger partial charge >= 0.3 is 0 Å². The highest BCUT2D eigenvalue weighted by Gasteiger charge is 2.61. The molecule has 218 valence electrons. The molecule has 4 fully saturated rings. The fourth-order valence-corrected chi connectivity index (χ4v) is 7.89. The number of aromatic nitrogens is 4. The maximum absolute atomic E-state index is 13.4. The van der Waals surface area contributed by atoms with Gasteiger partial charge in [0.05, 0.1) is 19.9 Å². The van der Waals surface area contributed by atoms with Crippen LogP contribution >= 0.6 is 0 Å². The number of alkyl halides is 2. The van der Waals surface area contributed by atoms with E-state index in [1.54, 1.807) is 18.0 Å². The molecule has 10 nitrogen and oxygen atoms in total. The highest BCUT2D eigenvalue weighted by atomic mass is 19.3. The zero-order chi connectivity index (χ0) is 28.5. The standard InChI is InChI=1S/C29H36F2N8O2/c1-37-10-20-12-38(13-21(20)11-37)26(40)18-3-4-19(23(5-18)41-2)14-39-24-22(9-34-39)35-27(32)36-25(24)33-8-17-6-28(7-17)15-29(30,31)16-28/h3-5,9,17,20-21H,6-8,10-16H2,1-2H3,(H3,32,33,35,36)/t20-,21+. The molecule has 0 radical (unpaired) electrons. The van der Waals surface area contributed by atoms with Crippen LogP contribution in [0.2, 0.25) is 0 Å². The predicted octanol–water partition coefficient (Wildman–Crippen LogP) is 3.34. The highest BCUT2D eigenvalue weighted by molar-refractivity contribution is 5.95. The van der Waals surface area contributed by atoms with Crippen LogP contribution in [0.3, 0.4) is 0 Å². The number of nitrogens with one attached hydrogen (secondary N) is 1. The lowest BCUT2D eigenvalue weighted by atomic mass is 9.50. The number of ether oxygens (including phenoxy) is 1. The first kappa shape index (κ1) is 26.4. The first-order valence-corrected chi connectivity index (χ1v) is 14.4. The Bertz CT molecular complexity index is 1480. The van der Waals surface area contributed by atoms with Gasteiger partial charge in [-0.2, -0.15) is 10.1 Å². The number of nitrogens with zero attached hydrogens (tertiary/aromatic N) is 6. The van der Waals surface area contributed by atoms with E-state index in [1.807, 2.05) is 23.1 Å². The van der Waals surface area contributed by atoms with Crippen LogP contribution in [0.5, 0.6) is 5.75 Å². The van der Waals surface area contributed by atoms with Crippen LogP contribution in [-0.4, -0.2) is 88.3 Å². The van der Waals surface area contributed by atoms with E-state index in [-0.39, 0.29) is 30.1 Å². The molecule has 2 aliphatic carbocycles. The van der Waals surface area contributed by atoms with Crippen LogP contribution in [0.1, 0.15) is 41.6 Å². The maximum atomic E-state index is 13.4.